The van der Waals surface area contributed by atoms with Gasteiger partial charge < -0.3 is 14.9 Å². The highest BCUT2D eigenvalue weighted by Crippen LogP contribution is 2.54. The monoisotopic (exact) mass is 371 g/mol. The SMILES string of the molecule is CC1(C)Oc2cc(C(=O)c3ccncc3F)cc(O)c2[C@@H]2C[C@H](O)CC[C@H]21. The lowest BCUT2D eigenvalue weighted by Crippen LogP contribution is -2.47. The number of ketones is 1. The van der Waals surface area contributed by atoms with E-state index < -0.39 is 23.3 Å². The number of hydrogen-bond donors (Lipinski definition) is 2. The van der Waals surface area contributed by atoms with Crippen molar-refractivity contribution >= 4 is 5.78 Å². The lowest BCUT2D eigenvalue weighted by atomic mass is 9.66. The van der Waals surface area contributed by atoms with Gasteiger partial charge in [0.1, 0.15) is 17.1 Å². The molecule has 6 heteroatoms. The predicted octanol–water partition coefficient (Wildman–Crippen LogP) is 3.57. The Balaban J connectivity index is 1.79. The van der Waals surface area contributed by atoms with Crippen molar-refractivity contribution in [2.75, 3.05) is 0 Å². The Hall–Kier alpha value is -2.47. The van der Waals surface area contributed by atoms with E-state index in [9.17, 15) is 19.4 Å². The molecule has 2 aromatic rings. The number of benzene rings is 1. The van der Waals surface area contributed by atoms with Gasteiger partial charge in [-0.2, -0.15) is 0 Å². The van der Waals surface area contributed by atoms with E-state index in [0.717, 1.165) is 12.6 Å². The van der Waals surface area contributed by atoms with Crippen molar-refractivity contribution < 1.29 is 24.1 Å². The number of pyridine rings is 1. The van der Waals surface area contributed by atoms with Gasteiger partial charge in [-0.15, -0.1) is 0 Å². The molecule has 27 heavy (non-hydrogen) atoms. The third-order valence-electron chi connectivity index (χ3n) is 5.86. The zero-order chi connectivity index (χ0) is 19.3. The number of nitrogens with zero attached hydrogens (tertiary/aromatic N) is 1. The molecule has 1 saturated carbocycles. The van der Waals surface area contributed by atoms with Gasteiger partial charge in [0.15, 0.2) is 11.6 Å². The van der Waals surface area contributed by atoms with Crippen molar-refractivity contribution in [1.29, 1.82) is 0 Å². The van der Waals surface area contributed by atoms with Gasteiger partial charge in [0.05, 0.1) is 17.9 Å². The van der Waals surface area contributed by atoms with Crippen LogP contribution < -0.4 is 4.74 Å². The molecule has 1 fully saturated rings. The summed E-state index contributed by atoms with van der Waals surface area (Å²) in [7, 11) is 0. The largest absolute Gasteiger partial charge is 0.507 e. The number of fused-ring (bicyclic) bond motifs is 3. The summed E-state index contributed by atoms with van der Waals surface area (Å²) in [6.07, 6.45) is 3.98. The maximum Gasteiger partial charge on any atom is 0.196 e. The number of hydrogen-bond acceptors (Lipinski definition) is 5. The number of carbonyl (C=O) groups excluding carboxylic acids is 1. The fraction of sp³-hybridized carbons (Fsp3) is 0.429. The quantitative estimate of drug-likeness (QED) is 0.789. The number of aliphatic hydroxyl groups is 1. The Bertz CT molecular complexity index is 911. The van der Waals surface area contributed by atoms with Gasteiger partial charge in [0, 0.05) is 29.2 Å². The first kappa shape index (κ1) is 17.9. The summed E-state index contributed by atoms with van der Waals surface area (Å²) >= 11 is 0. The van der Waals surface area contributed by atoms with Crippen molar-refractivity contribution in [3.8, 4) is 11.5 Å². The first-order valence-corrected chi connectivity index (χ1v) is 9.16. The van der Waals surface area contributed by atoms with Gasteiger partial charge >= 0.3 is 0 Å². The number of rotatable bonds is 2. The molecular weight excluding hydrogens is 349 g/mol. The summed E-state index contributed by atoms with van der Waals surface area (Å²) < 4.78 is 20.1. The number of carbonyl (C=O) groups is 1. The molecule has 2 N–H and O–H groups in total. The first-order chi connectivity index (χ1) is 12.8. The summed E-state index contributed by atoms with van der Waals surface area (Å²) in [6.45, 7) is 3.97. The van der Waals surface area contributed by atoms with Crippen LogP contribution in [0.2, 0.25) is 0 Å². The van der Waals surface area contributed by atoms with Crippen LogP contribution >= 0.6 is 0 Å². The summed E-state index contributed by atoms with van der Waals surface area (Å²) in [5.74, 6) is -0.762. The normalized spacial score (nSPS) is 25.9. The minimum Gasteiger partial charge on any atom is -0.507 e. The van der Waals surface area contributed by atoms with Crippen LogP contribution in [0.4, 0.5) is 4.39 Å². The number of ether oxygens (including phenoxy) is 1. The molecule has 1 aliphatic carbocycles. The number of halogens is 1. The van der Waals surface area contributed by atoms with Crippen molar-refractivity contribution in [2.24, 2.45) is 5.92 Å². The highest BCUT2D eigenvalue weighted by atomic mass is 19.1. The molecule has 3 atom stereocenters. The van der Waals surface area contributed by atoms with Crippen LogP contribution in [-0.2, 0) is 0 Å². The molecule has 2 aliphatic rings. The molecular formula is C21H22FNO4. The van der Waals surface area contributed by atoms with Crippen LogP contribution in [0.3, 0.4) is 0 Å². The molecule has 1 aromatic carbocycles. The zero-order valence-electron chi connectivity index (χ0n) is 15.3. The second-order valence-corrected chi connectivity index (χ2v) is 7.98. The molecule has 0 saturated heterocycles. The molecule has 1 aliphatic heterocycles. The molecule has 0 radical (unpaired) electrons. The Morgan fingerprint density at radius 1 is 1.33 bits per heavy atom. The number of phenols is 1. The van der Waals surface area contributed by atoms with Crippen LogP contribution in [-0.4, -0.2) is 32.7 Å². The maximum atomic E-state index is 13.9. The smallest absolute Gasteiger partial charge is 0.196 e. The third kappa shape index (κ3) is 2.98. The fourth-order valence-electron chi connectivity index (χ4n) is 4.57. The lowest BCUT2D eigenvalue weighted by molar-refractivity contribution is -0.0317. The topological polar surface area (TPSA) is 79.7 Å². The number of aliphatic hydroxyl groups excluding tert-OH is 1. The van der Waals surface area contributed by atoms with Gasteiger partial charge in [0.25, 0.3) is 0 Å². The highest BCUT2D eigenvalue weighted by Gasteiger charge is 2.47. The van der Waals surface area contributed by atoms with E-state index in [2.05, 4.69) is 4.98 Å². The number of phenolic OH excluding ortho intramolecular Hbond substituents is 1. The van der Waals surface area contributed by atoms with Gasteiger partial charge in [-0.25, -0.2) is 4.39 Å². The Morgan fingerprint density at radius 3 is 2.85 bits per heavy atom. The van der Waals surface area contributed by atoms with Crippen LogP contribution in [0.15, 0.2) is 30.6 Å². The molecule has 1 aromatic heterocycles. The van der Waals surface area contributed by atoms with Gasteiger partial charge in [-0.1, -0.05) is 0 Å². The first-order valence-electron chi connectivity index (χ1n) is 9.16. The molecule has 0 unspecified atom stereocenters. The highest BCUT2D eigenvalue weighted by molar-refractivity contribution is 6.09. The summed E-state index contributed by atoms with van der Waals surface area (Å²) in [6, 6.07) is 4.24. The lowest BCUT2D eigenvalue weighted by Gasteiger charge is -2.48. The molecule has 2 heterocycles. The van der Waals surface area contributed by atoms with E-state index in [-0.39, 0.29) is 28.7 Å². The van der Waals surface area contributed by atoms with Crippen LogP contribution in [0, 0.1) is 11.7 Å². The summed E-state index contributed by atoms with van der Waals surface area (Å²) in [5, 5.41) is 20.8. The van der Waals surface area contributed by atoms with Crippen LogP contribution in [0.25, 0.3) is 0 Å². The van der Waals surface area contributed by atoms with E-state index in [4.69, 9.17) is 4.74 Å². The molecule has 0 spiro atoms. The van der Waals surface area contributed by atoms with Crippen molar-refractivity contribution in [3.63, 3.8) is 0 Å². The van der Waals surface area contributed by atoms with Crippen LogP contribution in [0.5, 0.6) is 11.5 Å². The molecule has 4 rings (SSSR count). The third-order valence-corrected chi connectivity index (χ3v) is 5.86. The van der Waals surface area contributed by atoms with Gasteiger partial charge in [-0.3, -0.25) is 9.78 Å². The summed E-state index contributed by atoms with van der Waals surface area (Å²) in [4.78, 5) is 16.4. The van der Waals surface area contributed by atoms with E-state index in [0.29, 0.717) is 24.2 Å². The average Bonchev–Trinajstić information content (AvgIpc) is 2.60. The van der Waals surface area contributed by atoms with Gasteiger partial charge in [-0.05, 0) is 51.3 Å². The Labute approximate surface area is 156 Å². The summed E-state index contributed by atoms with van der Waals surface area (Å²) in [5.41, 5.74) is 0.186. The predicted molar refractivity (Wildman–Crippen MR) is 96.5 cm³/mol. The minimum atomic E-state index is -0.712. The molecule has 0 amide bonds. The van der Waals surface area contributed by atoms with Crippen molar-refractivity contribution in [2.45, 2.75) is 50.7 Å². The maximum absolute atomic E-state index is 13.9. The van der Waals surface area contributed by atoms with Crippen molar-refractivity contribution in [3.05, 3.63) is 53.1 Å². The van der Waals surface area contributed by atoms with Crippen LogP contribution in [0.1, 0.15) is 60.5 Å². The van der Waals surface area contributed by atoms with Crippen molar-refractivity contribution in [1.82, 2.24) is 4.98 Å². The van der Waals surface area contributed by atoms with E-state index >= 15 is 0 Å². The van der Waals surface area contributed by atoms with E-state index in [1.807, 2.05) is 13.8 Å². The second kappa shape index (κ2) is 6.30. The molecule has 142 valence electrons. The minimum absolute atomic E-state index is 0.0469. The van der Waals surface area contributed by atoms with Gasteiger partial charge in [0.2, 0.25) is 0 Å². The Morgan fingerprint density at radius 2 is 2.11 bits per heavy atom. The number of aromatic nitrogens is 1. The number of aromatic hydroxyl groups is 1. The Kier molecular flexibility index (Phi) is 4.18. The second-order valence-electron chi connectivity index (χ2n) is 7.98. The van der Waals surface area contributed by atoms with E-state index in [1.165, 1.54) is 18.3 Å². The fourth-order valence-corrected chi connectivity index (χ4v) is 4.57. The molecule has 0 bridgehead atoms. The van der Waals surface area contributed by atoms with E-state index in [1.54, 1.807) is 6.07 Å². The molecule has 5 nitrogen and oxygen atoms in total. The average molecular weight is 371 g/mol. The standard InChI is InChI=1S/C21H22FNO4/c1-21(2)15-4-3-12(24)9-14(15)19-17(25)7-11(8-18(19)27-21)20(26)13-5-6-23-10-16(13)22/h5-8,10,12,14-15,24-25H,3-4,9H2,1-2H3/t12-,14-,15-/m1/s1. The zero-order valence-corrected chi connectivity index (χ0v) is 15.3.